The van der Waals surface area contributed by atoms with E-state index in [0.29, 0.717) is 0 Å². The average Bonchev–Trinajstić information content (AvgIpc) is 3.07. The van der Waals surface area contributed by atoms with E-state index in [4.69, 9.17) is 15.0 Å². The second-order valence-electron chi connectivity index (χ2n) is 5.32. The van der Waals surface area contributed by atoms with Crippen LogP contribution in [0.2, 0.25) is 0 Å². The minimum Gasteiger partial charge on any atom is -0.400 e. The van der Waals surface area contributed by atoms with Gasteiger partial charge in [-0.3, -0.25) is 14.8 Å². The van der Waals surface area contributed by atoms with Crippen molar-refractivity contribution >= 4 is 30.7 Å². The Morgan fingerprint density at radius 3 is 2.24 bits per heavy atom. The molecule has 0 aliphatic heterocycles. The van der Waals surface area contributed by atoms with Crippen molar-refractivity contribution in [3.63, 3.8) is 0 Å². The fourth-order valence-electron chi connectivity index (χ4n) is 2.21. The highest BCUT2D eigenvalue weighted by Gasteiger charge is 2.16. The number of para-hydroxylation sites is 1. The van der Waals surface area contributed by atoms with Crippen LogP contribution in [0.15, 0.2) is 46.5 Å². The molecule has 0 unspecified atom stereocenters. The van der Waals surface area contributed by atoms with Crippen LogP contribution >= 0.6 is 0 Å². The van der Waals surface area contributed by atoms with Gasteiger partial charge in [-0.15, -0.1) is 0 Å². The van der Waals surface area contributed by atoms with Gasteiger partial charge in [-0.1, -0.05) is 38.5 Å². The maximum atomic E-state index is 8.58. The van der Waals surface area contributed by atoms with Gasteiger partial charge in [-0.2, -0.15) is 5.10 Å². The minimum atomic E-state index is 0.250. The van der Waals surface area contributed by atoms with Gasteiger partial charge in [0.25, 0.3) is 0 Å². The molecule has 0 radical (unpaired) electrons. The van der Waals surface area contributed by atoms with Crippen LogP contribution in [0.3, 0.4) is 0 Å². The molecule has 2 rings (SSSR count). The number of anilines is 1. The van der Waals surface area contributed by atoms with Gasteiger partial charge in [0.15, 0.2) is 0 Å². The molecule has 29 heavy (non-hydrogen) atoms. The molecule has 8 heteroatoms. The number of nitrogens with one attached hydrogen (secondary N) is 1. The van der Waals surface area contributed by atoms with Gasteiger partial charge in [0.2, 0.25) is 6.41 Å². The van der Waals surface area contributed by atoms with Gasteiger partial charge in [0, 0.05) is 44.8 Å². The Kier molecular flexibility index (Phi) is 17.5. The van der Waals surface area contributed by atoms with Crippen molar-refractivity contribution in [1.29, 1.82) is 0 Å². The van der Waals surface area contributed by atoms with Gasteiger partial charge in [-0.25, -0.2) is 4.68 Å². The number of primary amides is 1. The highest BCUT2D eigenvalue weighted by Crippen LogP contribution is 2.26. The topological polar surface area (TPSA) is 118 Å². The summed E-state index contributed by atoms with van der Waals surface area (Å²) in [5.41, 5.74) is 7.86. The number of aliphatic hydroxyl groups is 1. The van der Waals surface area contributed by atoms with Crippen molar-refractivity contribution in [2.45, 2.75) is 27.2 Å². The number of rotatable bonds is 5. The number of allylic oxidation sites excluding steroid dienone is 1. The first-order valence-corrected chi connectivity index (χ1v) is 9.07. The van der Waals surface area contributed by atoms with Gasteiger partial charge in [-0.05, 0) is 25.8 Å². The summed E-state index contributed by atoms with van der Waals surface area (Å²) in [6, 6.07) is 9.98. The number of hydrogen-bond acceptors (Lipinski definition) is 6. The Labute approximate surface area is 173 Å². The van der Waals surface area contributed by atoms with E-state index in [9.17, 15) is 0 Å². The Bertz CT molecular complexity index is 752. The predicted octanol–water partition coefficient (Wildman–Crippen LogP) is 3.09. The molecule has 1 amide bonds. The van der Waals surface area contributed by atoms with Crippen LogP contribution < -0.4 is 11.1 Å². The summed E-state index contributed by atoms with van der Waals surface area (Å²) < 4.78 is 1.88. The normalized spacial score (nSPS) is 9.83. The Hall–Kier alpha value is -3.26. The van der Waals surface area contributed by atoms with Crippen LogP contribution in [0.5, 0.6) is 0 Å². The smallest absolute Gasteiger partial charge is 0.204 e. The third-order valence-corrected chi connectivity index (χ3v) is 3.13. The summed E-state index contributed by atoms with van der Waals surface area (Å²) in [5, 5.41) is 14.9. The van der Waals surface area contributed by atoms with Crippen LogP contribution in [0.25, 0.3) is 11.3 Å². The summed E-state index contributed by atoms with van der Waals surface area (Å²) in [7, 11) is 4.61. The van der Waals surface area contributed by atoms with E-state index in [-0.39, 0.29) is 6.41 Å². The molecular weight excluding hydrogens is 368 g/mol. The van der Waals surface area contributed by atoms with Gasteiger partial charge >= 0.3 is 0 Å². The molecule has 160 valence electrons. The first kappa shape index (κ1) is 28.0. The molecule has 1 aromatic heterocycles. The van der Waals surface area contributed by atoms with E-state index in [1.165, 1.54) is 6.42 Å². The molecule has 0 saturated heterocycles. The quantitative estimate of drug-likeness (QED) is 0.526. The average molecular weight is 403 g/mol. The maximum Gasteiger partial charge on any atom is 0.204 e. The lowest BCUT2D eigenvalue weighted by atomic mass is 10.1. The molecule has 0 atom stereocenters. The van der Waals surface area contributed by atoms with E-state index in [1.54, 1.807) is 19.5 Å². The Morgan fingerprint density at radius 1 is 1.31 bits per heavy atom. The summed E-state index contributed by atoms with van der Waals surface area (Å²) in [5.74, 6) is 0.940. The van der Waals surface area contributed by atoms with E-state index in [0.717, 1.165) is 35.4 Å². The largest absolute Gasteiger partial charge is 0.400 e. The van der Waals surface area contributed by atoms with E-state index in [1.807, 2.05) is 49.0 Å². The standard InChI is InChI=1S/C16H19N5.C3H8.CH3NO.CH4O/c1-12-15(13(10-17-2)11-18-3)20-21(16(12)19-4)14-8-6-5-7-9-14;1-3-2;2-1-3;1-2/h5-11,19H,2H2,1,3-4H3;3H2,1-2H3;1H,(H2,2,3);2H,1H3/b13-10+,18-11?;;;. The van der Waals surface area contributed by atoms with Gasteiger partial charge in [0.1, 0.15) is 11.5 Å². The second-order valence-corrected chi connectivity index (χ2v) is 5.32. The van der Waals surface area contributed by atoms with Crippen molar-refractivity contribution in [3.8, 4) is 5.69 Å². The number of amides is 1. The summed E-state index contributed by atoms with van der Waals surface area (Å²) >= 11 is 0. The zero-order valence-electron chi connectivity index (χ0n) is 18.3. The van der Waals surface area contributed by atoms with Crippen LogP contribution in [0, 0.1) is 6.92 Å². The fraction of sp³-hybridized carbons (Fsp3) is 0.333. The van der Waals surface area contributed by atoms with Crippen molar-refractivity contribution in [3.05, 3.63) is 47.8 Å². The predicted molar refractivity (Wildman–Crippen MR) is 124 cm³/mol. The fourth-order valence-corrected chi connectivity index (χ4v) is 2.21. The highest BCUT2D eigenvalue weighted by atomic mass is 16.2. The van der Waals surface area contributed by atoms with Gasteiger partial charge < -0.3 is 16.2 Å². The van der Waals surface area contributed by atoms with E-state index in [2.05, 4.69) is 41.6 Å². The molecule has 0 aliphatic rings. The molecule has 1 heterocycles. The molecule has 0 saturated carbocycles. The third-order valence-electron chi connectivity index (χ3n) is 3.13. The van der Waals surface area contributed by atoms with Crippen molar-refractivity contribution < 1.29 is 9.90 Å². The third kappa shape index (κ3) is 9.48. The van der Waals surface area contributed by atoms with Crippen molar-refractivity contribution in [2.75, 3.05) is 26.5 Å². The number of nitrogens with two attached hydrogens (primary N) is 1. The number of hydrogen-bond donors (Lipinski definition) is 3. The lowest BCUT2D eigenvalue weighted by Gasteiger charge is -2.06. The zero-order valence-corrected chi connectivity index (χ0v) is 18.3. The van der Waals surface area contributed by atoms with Crippen molar-refractivity contribution in [2.24, 2.45) is 15.7 Å². The second kappa shape index (κ2) is 18.1. The molecule has 0 spiro atoms. The minimum absolute atomic E-state index is 0.250. The Morgan fingerprint density at radius 2 is 1.83 bits per heavy atom. The van der Waals surface area contributed by atoms with E-state index < -0.39 is 0 Å². The zero-order chi connectivity index (χ0) is 22.7. The number of aliphatic hydroxyl groups excluding tert-OH is 1. The monoisotopic (exact) mass is 402 g/mol. The van der Waals surface area contributed by atoms with Crippen LogP contribution in [-0.2, 0) is 4.79 Å². The van der Waals surface area contributed by atoms with Crippen LogP contribution in [0.1, 0.15) is 31.5 Å². The lowest BCUT2D eigenvalue weighted by molar-refractivity contribution is -0.106. The molecule has 0 bridgehead atoms. The maximum absolute atomic E-state index is 8.58. The number of nitrogens with zero attached hydrogens (tertiary/aromatic N) is 4. The summed E-state index contributed by atoms with van der Waals surface area (Å²) in [6.45, 7) is 9.78. The molecule has 0 aliphatic carbocycles. The van der Waals surface area contributed by atoms with Crippen LogP contribution in [0.4, 0.5) is 5.82 Å². The Balaban J connectivity index is 0. The number of benzene rings is 1. The van der Waals surface area contributed by atoms with Crippen LogP contribution in [-0.4, -0.2) is 55.4 Å². The summed E-state index contributed by atoms with van der Waals surface area (Å²) in [4.78, 5) is 16.5. The molecule has 1 aromatic carbocycles. The number of carbonyl (C=O) groups is 1. The SMILES string of the molecule is C=N/C=C(\C=NC)c1nn(-c2ccccc2)c(NC)c1C.CCC.CO.NC=O. The highest BCUT2D eigenvalue weighted by molar-refractivity contribution is 6.09. The number of carbonyl (C=O) groups excluding carboxylic acids is 1. The first-order chi connectivity index (χ1) is 14.1. The molecule has 4 N–H and O–H groups in total. The molecule has 2 aromatic rings. The number of aliphatic imine (C=N–C) groups is 2. The number of aromatic nitrogens is 2. The molecule has 8 nitrogen and oxygen atoms in total. The molecular formula is C21H34N6O2. The summed E-state index contributed by atoms with van der Waals surface area (Å²) in [6.07, 6.45) is 4.90. The van der Waals surface area contributed by atoms with Crippen molar-refractivity contribution in [1.82, 2.24) is 9.78 Å². The molecule has 0 fully saturated rings. The van der Waals surface area contributed by atoms with E-state index >= 15 is 0 Å². The van der Waals surface area contributed by atoms with Gasteiger partial charge in [0.05, 0.1) is 5.69 Å². The lowest BCUT2D eigenvalue weighted by Crippen LogP contribution is -2.02. The first-order valence-electron chi connectivity index (χ1n) is 9.07.